The van der Waals surface area contributed by atoms with E-state index in [1.54, 1.807) is 0 Å². The molecule has 110 valence electrons. The zero-order valence-electron chi connectivity index (χ0n) is 12.2. The minimum Gasteiger partial charge on any atom is -0.342 e. The molecule has 2 unspecified atom stereocenters. The number of likely N-dealkylation sites (tertiary alicyclic amines) is 1. The molecule has 2 atom stereocenters. The van der Waals surface area contributed by atoms with E-state index < -0.39 is 0 Å². The summed E-state index contributed by atoms with van der Waals surface area (Å²) in [5, 5.41) is 0.683. The summed E-state index contributed by atoms with van der Waals surface area (Å²) in [7, 11) is 0. The Hall–Kier alpha value is -1.06. The number of halogens is 1. The van der Waals surface area contributed by atoms with E-state index in [1.165, 1.54) is 0 Å². The molecule has 2 N–H and O–H groups in total. The molecule has 1 aromatic rings. The van der Waals surface area contributed by atoms with Crippen molar-refractivity contribution in [2.45, 2.75) is 26.2 Å². The molecule has 0 spiro atoms. The molecule has 1 saturated heterocycles. The van der Waals surface area contributed by atoms with Gasteiger partial charge in [0.15, 0.2) is 0 Å². The van der Waals surface area contributed by atoms with Crippen molar-refractivity contribution in [1.82, 2.24) is 4.90 Å². The maximum absolute atomic E-state index is 12.8. The molecule has 2 rings (SSSR count). The van der Waals surface area contributed by atoms with Gasteiger partial charge in [-0.25, -0.2) is 0 Å². The molecule has 3 nitrogen and oxygen atoms in total. The smallest absolute Gasteiger partial charge is 0.230 e. The van der Waals surface area contributed by atoms with E-state index in [9.17, 15) is 4.79 Å². The molecule has 1 amide bonds. The summed E-state index contributed by atoms with van der Waals surface area (Å²) in [6, 6.07) is 7.64. The molecular formula is C16H23ClN2O. The van der Waals surface area contributed by atoms with Gasteiger partial charge in [0.05, 0.1) is 5.92 Å². The third-order valence-corrected chi connectivity index (χ3v) is 4.31. The molecule has 1 aliphatic heterocycles. The number of hydrogen-bond donors (Lipinski definition) is 1. The van der Waals surface area contributed by atoms with Crippen LogP contribution < -0.4 is 5.73 Å². The lowest BCUT2D eigenvalue weighted by atomic mass is 9.87. The third-order valence-electron chi connectivity index (χ3n) is 4.07. The predicted molar refractivity (Wildman–Crippen MR) is 82.8 cm³/mol. The minimum atomic E-state index is -0.120. The zero-order valence-corrected chi connectivity index (χ0v) is 12.9. The number of hydrogen-bond acceptors (Lipinski definition) is 2. The number of carbonyl (C=O) groups is 1. The SMILES string of the molecule is CC(C)C(C(=O)N1CCC(CN)C1)c1cccc(Cl)c1. The zero-order chi connectivity index (χ0) is 14.7. The number of amides is 1. The number of nitrogens with zero attached hydrogens (tertiary/aromatic N) is 1. The van der Waals surface area contributed by atoms with Gasteiger partial charge in [-0.05, 0) is 42.5 Å². The van der Waals surface area contributed by atoms with E-state index in [1.807, 2.05) is 29.2 Å². The molecule has 1 aromatic carbocycles. The van der Waals surface area contributed by atoms with Crippen molar-refractivity contribution in [3.8, 4) is 0 Å². The van der Waals surface area contributed by atoms with Gasteiger partial charge in [-0.3, -0.25) is 4.79 Å². The largest absolute Gasteiger partial charge is 0.342 e. The Morgan fingerprint density at radius 3 is 2.80 bits per heavy atom. The van der Waals surface area contributed by atoms with E-state index in [4.69, 9.17) is 17.3 Å². The van der Waals surface area contributed by atoms with Crippen LogP contribution in [0.3, 0.4) is 0 Å². The van der Waals surface area contributed by atoms with Crippen LogP contribution >= 0.6 is 11.6 Å². The van der Waals surface area contributed by atoms with Gasteiger partial charge < -0.3 is 10.6 Å². The summed E-state index contributed by atoms with van der Waals surface area (Å²) in [6.45, 7) is 6.44. The lowest BCUT2D eigenvalue weighted by Crippen LogP contribution is -2.36. The molecule has 20 heavy (non-hydrogen) atoms. The van der Waals surface area contributed by atoms with Crippen LogP contribution in [0.15, 0.2) is 24.3 Å². The lowest BCUT2D eigenvalue weighted by molar-refractivity contribution is -0.132. The van der Waals surface area contributed by atoms with Crippen LogP contribution in [-0.2, 0) is 4.79 Å². The quantitative estimate of drug-likeness (QED) is 0.928. The monoisotopic (exact) mass is 294 g/mol. The maximum Gasteiger partial charge on any atom is 0.230 e. The molecule has 0 aliphatic carbocycles. The summed E-state index contributed by atoms with van der Waals surface area (Å²) < 4.78 is 0. The summed E-state index contributed by atoms with van der Waals surface area (Å²) in [5.74, 6) is 0.785. The number of carbonyl (C=O) groups excluding carboxylic acids is 1. The van der Waals surface area contributed by atoms with Gasteiger partial charge >= 0.3 is 0 Å². The Morgan fingerprint density at radius 1 is 1.50 bits per heavy atom. The summed E-state index contributed by atoms with van der Waals surface area (Å²) >= 11 is 6.06. The van der Waals surface area contributed by atoms with E-state index >= 15 is 0 Å². The van der Waals surface area contributed by atoms with Gasteiger partial charge in [-0.1, -0.05) is 37.6 Å². The minimum absolute atomic E-state index is 0.120. The Bertz CT molecular complexity index is 475. The second kappa shape index (κ2) is 6.59. The van der Waals surface area contributed by atoms with Crippen LogP contribution in [-0.4, -0.2) is 30.4 Å². The van der Waals surface area contributed by atoms with Crippen molar-refractivity contribution in [2.24, 2.45) is 17.6 Å². The maximum atomic E-state index is 12.8. The van der Waals surface area contributed by atoms with Gasteiger partial charge in [0.1, 0.15) is 0 Å². The molecule has 1 fully saturated rings. The van der Waals surface area contributed by atoms with Crippen LogP contribution in [0, 0.1) is 11.8 Å². The first-order valence-electron chi connectivity index (χ1n) is 7.27. The highest BCUT2D eigenvalue weighted by Gasteiger charge is 2.32. The van der Waals surface area contributed by atoms with Gasteiger partial charge in [-0.15, -0.1) is 0 Å². The normalized spacial score (nSPS) is 20.4. The second-order valence-corrected chi connectivity index (χ2v) is 6.39. The van der Waals surface area contributed by atoms with Crippen molar-refractivity contribution in [1.29, 1.82) is 0 Å². The molecule has 1 aliphatic rings. The summed E-state index contributed by atoms with van der Waals surface area (Å²) in [6.07, 6.45) is 1.02. The lowest BCUT2D eigenvalue weighted by Gasteiger charge is -2.26. The topological polar surface area (TPSA) is 46.3 Å². The standard InChI is InChI=1S/C16H23ClN2O/c1-11(2)15(13-4-3-5-14(17)8-13)16(20)19-7-6-12(9-18)10-19/h3-5,8,11-12,15H,6-7,9-10,18H2,1-2H3. The second-order valence-electron chi connectivity index (χ2n) is 5.95. The van der Waals surface area contributed by atoms with Crippen molar-refractivity contribution in [3.05, 3.63) is 34.9 Å². The fourth-order valence-electron chi connectivity index (χ4n) is 2.93. The van der Waals surface area contributed by atoms with Crippen LogP contribution in [0.4, 0.5) is 0 Å². The summed E-state index contributed by atoms with van der Waals surface area (Å²) in [4.78, 5) is 14.8. The van der Waals surface area contributed by atoms with Gasteiger partial charge in [-0.2, -0.15) is 0 Å². The van der Waals surface area contributed by atoms with Crippen LogP contribution in [0.1, 0.15) is 31.7 Å². The van der Waals surface area contributed by atoms with Crippen LogP contribution in [0.5, 0.6) is 0 Å². The Labute approximate surface area is 126 Å². The molecule has 0 saturated carbocycles. The van der Waals surface area contributed by atoms with Crippen molar-refractivity contribution in [3.63, 3.8) is 0 Å². The average Bonchev–Trinajstić information content (AvgIpc) is 2.87. The highest BCUT2D eigenvalue weighted by molar-refractivity contribution is 6.30. The van der Waals surface area contributed by atoms with Crippen LogP contribution in [0.2, 0.25) is 5.02 Å². The fourth-order valence-corrected chi connectivity index (χ4v) is 3.13. The number of rotatable bonds is 4. The average molecular weight is 295 g/mol. The Kier molecular flexibility index (Phi) is 5.06. The fraction of sp³-hybridized carbons (Fsp3) is 0.562. The first kappa shape index (κ1) is 15.3. The molecular weight excluding hydrogens is 272 g/mol. The van der Waals surface area contributed by atoms with Gasteiger partial charge in [0, 0.05) is 18.1 Å². The van der Waals surface area contributed by atoms with Crippen molar-refractivity contribution < 1.29 is 4.79 Å². The first-order valence-corrected chi connectivity index (χ1v) is 7.65. The molecule has 0 bridgehead atoms. The van der Waals surface area contributed by atoms with Crippen molar-refractivity contribution >= 4 is 17.5 Å². The molecule has 4 heteroatoms. The Morgan fingerprint density at radius 2 is 2.25 bits per heavy atom. The highest BCUT2D eigenvalue weighted by Crippen LogP contribution is 2.30. The van der Waals surface area contributed by atoms with E-state index in [-0.39, 0.29) is 17.7 Å². The Balaban J connectivity index is 2.19. The first-order chi connectivity index (χ1) is 9.52. The number of benzene rings is 1. The predicted octanol–water partition coefficient (Wildman–Crippen LogP) is 2.89. The van der Waals surface area contributed by atoms with Gasteiger partial charge in [0.2, 0.25) is 5.91 Å². The van der Waals surface area contributed by atoms with Gasteiger partial charge in [0.25, 0.3) is 0 Å². The highest BCUT2D eigenvalue weighted by atomic mass is 35.5. The molecule has 1 heterocycles. The third kappa shape index (κ3) is 3.33. The number of nitrogens with two attached hydrogens (primary N) is 1. The molecule has 0 radical (unpaired) electrons. The van der Waals surface area contributed by atoms with E-state index in [2.05, 4.69) is 13.8 Å². The molecule has 0 aromatic heterocycles. The van der Waals surface area contributed by atoms with Crippen molar-refractivity contribution in [2.75, 3.05) is 19.6 Å². The van der Waals surface area contributed by atoms with E-state index in [0.29, 0.717) is 17.5 Å². The summed E-state index contributed by atoms with van der Waals surface area (Å²) in [5.41, 5.74) is 6.72. The van der Waals surface area contributed by atoms with Crippen LogP contribution in [0.25, 0.3) is 0 Å². The van der Waals surface area contributed by atoms with E-state index in [0.717, 1.165) is 25.1 Å².